The van der Waals surface area contributed by atoms with Crippen LogP contribution in [0.2, 0.25) is 0 Å². The molecule has 0 saturated heterocycles. The molecular formula is C14H19BF2N2O5. The molecule has 1 aromatic carbocycles. The summed E-state index contributed by atoms with van der Waals surface area (Å²) in [5, 5.41) is 22.2. The first kappa shape index (κ1) is 20.0. The van der Waals surface area contributed by atoms with Gasteiger partial charge in [-0.25, -0.2) is 8.78 Å². The van der Waals surface area contributed by atoms with E-state index >= 15 is 0 Å². The highest BCUT2D eigenvalue weighted by Crippen LogP contribution is 2.09. The summed E-state index contributed by atoms with van der Waals surface area (Å²) in [6.45, 7) is 3.19. The minimum absolute atomic E-state index is 0.0944. The van der Waals surface area contributed by atoms with Crippen LogP contribution >= 0.6 is 0 Å². The minimum atomic E-state index is -2.06. The Morgan fingerprint density at radius 3 is 2.50 bits per heavy atom. The van der Waals surface area contributed by atoms with Crippen LogP contribution in [-0.4, -0.2) is 42.0 Å². The standard InChI is InChI=1S/C14H19BF2N2O5/c1-8(2)5-13(24-15(22)23)19-12(20)7-18-14(21)10-4-3-9(16)6-11(10)17/h3-4,6,8,13,22-23H,5,7H2,1-2H3,(H,18,21)(H,19,20)/t13-/m1/s1. The van der Waals surface area contributed by atoms with E-state index in [2.05, 4.69) is 10.6 Å². The van der Waals surface area contributed by atoms with E-state index in [1.165, 1.54) is 0 Å². The number of halogens is 2. The van der Waals surface area contributed by atoms with Crippen LogP contribution in [-0.2, 0) is 9.45 Å². The Bertz CT molecular complexity index is 576. The topological polar surface area (TPSA) is 108 Å². The van der Waals surface area contributed by atoms with E-state index in [1.807, 2.05) is 13.8 Å². The Hall–Kier alpha value is -2.04. The molecule has 4 N–H and O–H groups in total. The molecule has 1 atom stereocenters. The number of hydrogen-bond acceptors (Lipinski definition) is 5. The second kappa shape index (κ2) is 9.31. The van der Waals surface area contributed by atoms with Crippen molar-refractivity contribution in [2.24, 2.45) is 5.92 Å². The number of amides is 2. The lowest BCUT2D eigenvalue weighted by Crippen LogP contribution is -2.46. The monoisotopic (exact) mass is 344 g/mol. The van der Waals surface area contributed by atoms with Crippen molar-refractivity contribution >= 4 is 19.1 Å². The highest BCUT2D eigenvalue weighted by molar-refractivity contribution is 6.32. The number of rotatable bonds is 8. The second-order valence-corrected chi connectivity index (χ2v) is 5.45. The van der Waals surface area contributed by atoms with Gasteiger partial charge in [-0.1, -0.05) is 13.8 Å². The molecule has 10 heteroatoms. The van der Waals surface area contributed by atoms with Crippen LogP contribution in [0.4, 0.5) is 8.78 Å². The Labute approximate surface area is 138 Å². The van der Waals surface area contributed by atoms with Crippen LogP contribution in [0.3, 0.4) is 0 Å². The molecule has 1 rings (SSSR count). The molecular weight excluding hydrogens is 325 g/mol. The van der Waals surface area contributed by atoms with E-state index in [0.29, 0.717) is 12.5 Å². The van der Waals surface area contributed by atoms with Crippen molar-refractivity contribution in [1.29, 1.82) is 0 Å². The van der Waals surface area contributed by atoms with Gasteiger partial charge in [-0.05, 0) is 24.5 Å². The van der Waals surface area contributed by atoms with Gasteiger partial charge in [0.2, 0.25) is 5.91 Å². The van der Waals surface area contributed by atoms with Gasteiger partial charge < -0.3 is 25.3 Å². The average molecular weight is 344 g/mol. The summed E-state index contributed by atoms with van der Waals surface area (Å²) in [6, 6.07) is 2.45. The van der Waals surface area contributed by atoms with Crippen LogP contribution < -0.4 is 10.6 Å². The fourth-order valence-electron chi connectivity index (χ4n) is 1.88. The van der Waals surface area contributed by atoms with Crippen LogP contribution in [0.5, 0.6) is 0 Å². The summed E-state index contributed by atoms with van der Waals surface area (Å²) in [6.07, 6.45) is -0.652. The smallest absolute Gasteiger partial charge is 0.402 e. The minimum Gasteiger partial charge on any atom is -0.402 e. The quantitative estimate of drug-likeness (QED) is 0.397. The molecule has 0 spiro atoms. The third-order valence-corrected chi connectivity index (χ3v) is 2.88. The van der Waals surface area contributed by atoms with E-state index in [-0.39, 0.29) is 5.92 Å². The molecule has 0 fully saturated rings. The van der Waals surface area contributed by atoms with Crippen molar-refractivity contribution in [3.63, 3.8) is 0 Å². The first-order valence-corrected chi connectivity index (χ1v) is 7.23. The molecule has 7 nitrogen and oxygen atoms in total. The molecule has 132 valence electrons. The molecule has 0 unspecified atom stereocenters. The summed E-state index contributed by atoms with van der Waals surface area (Å²) in [7, 11) is -2.06. The summed E-state index contributed by atoms with van der Waals surface area (Å²) in [5.74, 6) is -3.32. The molecule has 0 saturated carbocycles. The van der Waals surface area contributed by atoms with Gasteiger partial charge in [0.15, 0.2) is 0 Å². The van der Waals surface area contributed by atoms with Gasteiger partial charge in [0, 0.05) is 6.07 Å². The van der Waals surface area contributed by atoms with E-state index in [4.69, 9.17) is 14.7 Å². The zero-order valence-electron chi connectivity index (χ0n) is 13.3. The SMILES string of the molecule is CC(C)C[C@H](NC(=O)CNC(=O)c1ccc(F)cc1F)OB(O)O. The van der Waals surface area contributed by atoms with Crippen LogP contribution in [0, 0.1) is 17.6 Å². The summed E-state index contributed by atoms with van der Waals surface area (Å²) < 4.78 is 31.0. The molecule has 2 amide bonds. The van der Waals surface area contributed by atoms with Crippen LogP contribution in [0.15, 0.2) is 18.2 Å². The Morgan fingerprint density at radius 2 is 1.96 bits per heavy atom. The number of carbonyl (C=O) groups excluding carboxylic acids is 2. The molecule has 0 aromatic heterocycles. The van der Waals surface area contributed by atoms with Crippen molar-refractivity contribution < 1.29 is 33.1 Å². The van der Waals surface area contributed by atoms with E-state index in [9.17, 15) is 18.4 Å². The lowest BCUT2D eigenvalue weighted by atomic mass is 10.1. The normalized spacial score (nSPS) is 12.0. The van der Waals surface area contributed by atoms with E-state index < -0.39 is 49.1 Å². The van der Waals surface area contributed by atoms with Crippen molar-refractivity contribution in [3.05, 3.63) is 35.4 Å². The molecule has 0 radical (unpaired) electrons. The molecule has 0 heterocycles. The first-order valence-electron chi connectivity index (χ1n) is 7.23. The van der Waals surface area contributed by atoms with Gasteiger partial charge in [0.05, 0.1) is 12.1 Å². The summed E-state index contributed by atoms with van der Waals surface area (Å²) >= 11 is 0. The predicted molar refractivity (Wildman–Crippen MR) is 81.4 cm³/mol. The van der Waals surface area contributed by atoms with Crippen molar-refractivity contribution in [3.8, 4) is 0 Å². The van der Waals surface area contributed by atoms with Gasteiger partial charge in [0.25, 0.3) is 5.91 Å². The molecule has 1 aromatic rings. The van der Waals surface area contributed by atoms with Crippen LogP contribution in [0.1, 0.15) is 30.6 Å². The average Bonchev–Trinajstić information content (AvgIpc) is 2.43. The molecule has 0 aliphatic rings. The number of benzene rings is 1. The fraction of sp³-hybridized carbons (Fsp3) is 0.429. The number of hydrogen-bond donors (Lipinski definition) is 4. The Balaban J connectivity index is 2.55. The van der Waals surface area contributed by atoms with Crippen molar-refractivity contribution in [2.75, 3.05) is 6.54 Å². The highest BCUT2D eigenvalue weighted by atomic mass is 19.1. The maximum Gasteiger partial charge on any atom is 0.635 e. The zero-order chi connectivity index (χ0) is 18.3. The number of nitrogens with one attached hydrogen (secondary N) is 2. The molecule has 0 aliphatic heterocycles. The maximum atomic E-state index is 13.4. The van der Waals surface area contributed by atoms with Gasteiger partial charge in [-0.3, -0.25) is 9.59 Å². The summed E-state index contributed by atoms with van der Waals surface area (Å²) in [4.78, 5) is 23.5. The molecule has 0 aliphatic carbocycles. The maximum absolute atomic E-state index is 13.4. The first-order chi connectivity index (χ1) is 11.2. The number of carbonyl (C=O) groups is 2. The van der Waals surface area contributed by atoms with E-state index in [0.717, 1.165) is 12.1 Å². The molecule has 24 heavy (non-hydrogen) atoms. The Morgan fingerprint density at radius 1 is 1.29 bits per heavy atom. The van der Waals surface area contributed by atoms with Gasteiger partial charge in [-0.2, -0.15) is 0 Å². The highest BCUT2D eigenvalue weighted by Gasteiger charge is 2.21. The van der Waals surface area contributed by atoms with E-state index in [1.54, 1.807) is 0 Å². The lowest BCUT2D eigenvalue weighted by molar-refractivity contribution is -0.123. The Kier molecular flexibility index (Phi) is 7.76. The summed E-state index contributed by atoms with van der Waals surface area (Å²) in [5.41, 5.74) is -0.398. The van der Waals surface area contributed by atoms with Gasteiger partial charge in [0.1, 0.15) is 17.9 Å². The third kappa shape index (κ3) is 7.03. The molecule has 0 bridgehead atoms. The fourth-order valence-corrected chi connectivity index (χ4v) is 1.88. The van der Waals surface area contributed by atoms with Gasteiger partial charge in [-0.15, -0.1) is 0 Å². The third-order valence-electron chi connectivity index (χ3n) is 2.88. The van der Waals surface area contributed by atoms with Crippen molar-refractivity contribution in [2.45, 2.75) is 26.5 Å². The van der Waals surface area contributed by atoms with Crippen LogP contribution in [0.25, 0.3) is 0 Å². The predicted octanol–water partition coefficient (Wildman–Crippen LogP) is 0.169. The lowest BCUT2D eigenvalue weighted by Gasteiger charge is -2.21. The zero-order valence-corrected chi connectivity index (χ0v) is 13.3. The second-order valence-electron chi connectivity index (χ2n) is 5.45. The van der Waals surface area contributed by atoms with Crippen molar-refractivity contribution in [1.82, 2.24) is 10.6 Å². The van der Waals surface area contributed by atoms with Gasteiger partial charge >= 0.3 is 7.32 Å². The largest absolute Gasteiger partial charge is 0.635 e.